The summed E-state index contributed by atoms with van der Waals surface area (Å²) in [6, 6.07) is 0. The van der Waals surface area contributed by atoms with Gasteiger partial charge in [0.05, 0.1) is 0 Å². The first-order chi connectivity index (χ1) is 5.07. The van der Waals surface area contributed by atoms with Gasteiger partial charge in [-0.3, -0.25) is 0 Å². The first-order valence-electron chi connectivity index (χ1n) is 3.41. The van der Waals surface area contributed by atoms with Crippen molar-refractivity contribution in [1.29, 1.82) is 0 Å². The van der Waals surface area contributed by atoms with E-state index in [1.54, 1.807) is 0 Å². The van der Waals surface area contributed by atoms with Gasteiger partial charge in [-0.25, -0.2) is 0 Å². The van der Waals surface area contributed by atoms with Crippen LogP contribution in [-0.4, -0.2) is 42.6 Å². The molecule has 12 heavy (non-hydrogen) atoms. The van der Waals surface area contributed by atoms with Crippen LogP contribution in [0.3, 0.4) is 0 Å². The Kier molecular flexibility index (Phi) is 3.18. The average molecular weight is 182 g/mol. The van der Waals surface area contributed by atoms with Crippen molar-refractivity contribution < 1.29 is 30.6 Å². The zero-order valence-electron chi connectivity index (χ0n) is 6.84. The van der Waals surface area contributed by atoms with E-state index in [0.29, 0.717) is 0 Å². The summed E-state index contributed by atoms with van der Waals surface area (Å²) < 4.78 is 0. The summed E-state index contributed by atoms with van der Waals surface area (Å²) >= 11 is 0. The summed E-state index contributed by atoms with van der Waals surface area (Å²) in [4.78, 5) is 0. The molecule has 6 N–H and O–H groups in total. The summed E-state index contributed by atoms with van der Waals surface area (Å²) in [5, 5.41) is 51.6. The molecule has 0 spiro atoms. The van der Waals surface area contributed by atoms with Crippen LogP contribution in [0.5, 0.6) is 0 Å². The highest BCUT2D eigenvalue weighted by Gasteiger charge is 2.42. The van der Waals surface area contributed by atoms with Gasteiger partial charge in [0.25, 0.3) is 11.9 Å². The lowest BCUT2D eigenvalue weighted by Gasteiger charge is -2.32. The Morgan fingerprint density at radius 2 is 0.833 bits per heavy atom. The molecule has 0 aliphatic heterocycles. The molecule has 2 atom stereocenters. The van der Waals surface area contributed by atoms with E-state index in [-0.39, 0.29) is 0 Å². The quantitative estimate of drug-likeness (QED) is 0.269. The summed E-state index contributed by atoms with van der Waals surface area (Å²) in [5.74, 6) is -8.70. The molecule has 0 amide bonds. The van der Waals surface area contributed by atoms with E-state index in [9.17, 15) is 0 Å². The summed E-state index contributed by atoms with van der Waals surface area (Å²) in [5.41, 5.74) is 0. The van der Waals surface area contributed by atoms with Crippen LogP contribution >= 0.6 is 0 Å². The van der Waals surface area contributed by atoms with Crippen molar-refractivity contribution in [2.45, 2.75) is 25.8 Å². The molecule has 0 radical (unpaired) electrons. The highest BCUT2D eigenvalue weighted by atomic mass is 16.7. The van der Waals surface area contributed by atoms with Crippen LogP contribution in [0.1, 0.15) is 13.8 Å². The summed E-state index contributed by atoms with van der Waals surface area (Å²) in [6.45, 7) is 2.28. The number of hydrogen-bond donors (Lipinski definition) is 6. The zero-order valence-corrected chi connectivity index (χ0v) is 6.84. The molecule has 0 heterocycles. The van der Waals surface area contributed by atoms with Crippen molar-refractivity contribution in [2.75, 3.05) is 0 Å². The van der Waals surface area contributed by atoms with Gasteiger partial charge in [-0.15, -0.1) is 0 Å². The molecule has 0 aliphatic rings. The predicted molar refractivity (Wildman–Crippen MR) is 37.1 cm³/mol. The Labute approximate surface area is 69.3 Å². The molecule has 0 fully saturated rings. The van der Waals surface area contributed by atoms with E-state index in [1.165, 1.54) is 0 Å². The number of aliphatic hydroxyl groups is 6. The van der Waals surface area contributed by atoms with Gasteiger partial charge in [0.2, 0.25) is 0 Å². The summed E-state index contributed by atoms with van der Waals surface area (Å²) in [6.07, 6.45) is 0. The predicted octanol–water partition coefficient (Wildman–Crippen LogP) is -2.48. The third-order valence-electron chi connectivity index (χ3n) is 1.97. The van der Waals surface area contributed by atoms with Crippen LogP contribution in [-0.2, 0) is 0 Å². The fourth-order valence-corrected chi connectivity index (χ4v) is 0.671. The molecule has 74 valence electrons. The maximum absolute atomic E-state index is 8.60. The van der Waals surface area contributed by atoms with Crippen molar-refractivity contribution in [2.24, 2.45) is 11.8 Å². The minimum atomic E-state index is -3.04. The molecular weight excluding hydrogens is 168 g/mol. The standard InChI is InChI=1S/C6H14O6/c1-3(5(7,8)9)4(2)6(10,11)12/h3-4,7-12H,1-2H3. The van der Waals surface area contributed by atoms with Crippen LogP contribution in [0.25, 0.3) is 0 Å². The molecule has 2 unspecified atom stereocenters. The van der Waals surface area contributed by atoms with Crippen molar-refractivity contribution in [3.05, 3.63) is 0 Å². The smallest absolute Gasteiger partial charge is 0.278 e. The van der Waals surface area contributed by atoms with Gasteiger partial charge in [0, 0.05) is 11.8 Å². The summed E-state index contributed by atoms with van der Waals surface area (Å²) in [7, 11) is 0. The van der Waals surface area contributed by atoms with Crippen molar-refractivity contribution in [3.8, 4) is 0 Å². The van der Waals surface area contributed by atoms with Gasteiger partial charge in [0.1, 0.15) is 0 Å². The topological polar surface area (TPSA) is 121 Å². The SMILES string of the molecule is CC(C(C)C(O)(O)O)C(O)(O)O. The lowest BCUT2D eigenvalue weighted by atomic mass is 9.91. The molecule has 0 aliphatic carbocycles. The minimum Gasteiger partial charge on any atom is -0.343 e. The maximum Gasteiger partial charge on any atom is 0.278 e. The van der Waals surface area contributed by atoms with Gasteiger partial charge in [-0.1, -0.05) is 13.8 Å². The van der Waals surface area contributed by atoms with E-state index >= 15 is 0 Å². The largest absolute Gasteiger partial charge is 0.343 e. The van der Waals surface area contributed by atoms with E-state index in [4.69, 9.17) is 30.6 Å². The highest BCUT2D eigenvalue weighted by molar-refractivity contribution is 4.72. The third kappa shape index (κ3) is 3.02. The molecule has 0 saturated carbocycles. The first-order valence-corrected chi connectivity index (χ1v) is 3.41. The molecule has 6 heteroatoms. The van der Waals surface area contributed by atoms with Crippen molar-refractivity contribution in [3.63, 3.8) is 0 Å². The second-order valence-electron chi connectivity index (χ2n) is 2.95. The average Bonchev–Trinajstić information content (AvgIpc) is 1.80. The molecule has 0 saturated heterocycles. The third-order valence-corrected chi connectivity index (χ3v) is 1.97. The molecule has 0 rings (SSSR count). The second kappa shape index (κ2) is 3.25. The van der Waals surface area contributed by atoms with Crippen molar-refractivity contribution >= 4 is 0 Å². The molecule has 0 aromatic rings. The Bertz CT molecular complexity index is 125. The molecule has 0 aromatic heterocycles. The maximum atomic E-state index is 8.60. The fourth-order valence-electron chi connectivity index (χ4n) is 0.671. The lowest BCUT2D eigenvalue weighted by Crippen LogP contribution is -2.48. The molecule has 0 bridgehead atoms. The molecule has 6 nitrogen and oxygen atoms in total. The van der Waals surface area contributed by atoms with Crippen LogP contribution in [0.4, 0.5) is 0 Å². The van der Waals surface area contributed by atoms with Gasteiger partial charge < -0.3 is 30.6 Å². The molecular formula is C6H14O6. The van der Waals surface area contributed by atoms with E-state index in [0.717, 1.165) is 13.8 Å². The van der Waals surface area contributed by atoms with E-state index in [2.05, 4.69) is 0 Å². The Morgan fingerprint density at radius 1 is 0.667 bits per heavy atom. The van der Waals surface area contributed by atoms with E-state index in [1.807, 2.05) is 0 Å². The van der Waals surface area contributed by atoms with Gasteiger partial charge in [0.15, 0.2) is 0 Å². The van der Waals surface area contributed by atoms with Gasteiger partial charge in [-0.2, -0.15) is 0 Å². The second-order valence-corrected chi connectivity index (χ2v) is 2.95. The van der Waals surface area contributed by atoms with Gasteiger partial charge in [-0.05, 0) is 0 Å². The Morgan fingerprint density at radius 3 is 0.917 bits per heavy atom. The van der Waals surface area contributed by atoms with Crippen LogP contribution in [0.15, 0.2) is 0 Å². The monoisotopic (exact) mass is 182 g/mol. The van der Waals surface area contributed by atoms with Crippen LogP contribution < -0.4 is 0 Å². The number of hydrogen-bond acceptors (Lipinski definition) is 6. The van der Waals surface area contributed by atoms with Crippen LogP contribution in [0.2, 0.25) is 0 Å². The van der Waals surface area contributed by atoms with Gasteiger partial charge >= 0.3 is 0 Å². The fraction of sp³-hybridized carbons (Fsp3) is 1.00. The van der Waals surface area contributed by atoms with Crippen molar-refractivity contribution in [1.82, 2.24) is 0 Å². The minimum absolute atomic E-state index is 1.14. The molecule has 0 aromatic carbocycles. The first kappa shape index (κ1) is 11.8. The normalized spacial score (nSPS) is 19.0. The number of rotatable bonds is 3. The Balaban J connectivity index is 4.41. The van der Waals surface area contributed by atoms with E-state index < -0.39 is 23.8 Å². The zero-order chi connectivity index (χ0) is 10.2. The van der Waals surface area contributed by atoms with Crippen LogP contribution in [0, 0.1) is 11.8 Å². The Hall–Kier alpha value is -0.240. The lowest BCUT2D eigenvalue weighted by molar-refractivity contribution is -0.397. The highest BCUT2D eigenvalue weighted by Crippen LogP contribution is 2.26.